The molecule has 4 aliphatic rings. The molecule has 5 rings (SSSR count). The van der Waals surface area contributed by atoms with Crippen molar-refractivity contribution in [1.29, 1.82) is 0 Å². The Morgan fingerprint density at radius 1 is 1.19 bits per heavy atom. The zero-order valence-corrected chi connectivity index (χ0v) is 19.9. The normalized spacial score (nSPS) is 40.4. The van der Waals surface area contributed by atoms with Crippen LogP contribution in [0, 0.1) is 28.6 Å². The number of fused-ring (bicyclic) bond motifs is 5. The number of nitrogens with one attached hydrogen (secondary N) is 1. The standard InChI is InChI=1S/C27H37N3O2/c1-5-17-12-15-28-21(16-17)25(32)29-22-8-7-19-18-6-9-23-27(3,14-11-24(31)30(23)4)20(18)10-13-26(19,22)2/h11-12,14-16,18-20,22-23H,5-10,13H2,1-4H3,(H,29,32)/t18-,19-,20-,22-,23+,26-,27+/m0/s1. The van der Waals surface area contributed by atoms with Crippen LogP contribution >= 0.6 is 0 Å². The van der Waals surface area contributed by atoms with Crippen molar-refractivity contribution in [3.8, 4) is 0 Å². The molecule has 3 fully saturated rings. The van der Waals surface area contributed by atoms with E-state index < -0.39 is 0 Å². The molecule has 2 amide bonds. The van der Waals surface area contributed by atoms with Crippen molar-refractivity contribution in [3.05, 3.63) is 41.7 Å². The fourth-order valence-corrected chi connectivity index (χ4v) is 8.03. The van der Waals surface area contributed by atoms with Crippen LogP contribution in [0.3, 0.4) is 0 Å². The quantitative estimate of drug-likeness (QED) is 0.766. The minimum Gasteiger partial charge on any atom is -0.347 e. The smallest absolute Gasteiger partial charge is 0.270 e. The number of amides is 2. The number of likely N-dealkylation sites (N-methyl/N-ethyl adjacent to an activating group) is 1. The molecule has 1 N–H and O–H groups in total. The molecule has 1 aromatic heterocycles. The van der Waals surface area contributed by atoms with Crippen LogP contribution in [0.4, 0.5) is 0 Å². The lowest BCUT2D eigenvalue weighted by Gasteiger charge is -2.60. The molecule has 5 heteroatoms. The van der Waals surface area contributed by atoms with Crippen LogP contribution in [0.5, 0.6) is 0 Å². The summed E-state index contributed by atoms with van der Waals surface area (Å²) in [6.45, 7) is 6.90. The van der Waals surface area contributed by atoms with Crippen molar-refractivity contribution in [2.24, 2.45) is 28.6 Å². The van der Waals surface area contributed by atoms with E-state index in [9.17, 15) is 9.59 Å². The Labute approximate surface area is 192 Å². The second-order valence-corrected chi connectivity index (χ2v) is 11.2. The van der Waals surface area contributed by atoms with E-state index in [1.165, 1.54) is 19.3 Å². The van der Waals surface area contributed by atoms with E-state index in [0.717, 1.165) is 31.2 Å². The van der Waals surface area contributed by atoms with E-state index in [4.69, 9.17) is 0 Å². The van der Waals surface area contributed by atoms with Crippen LogP contribution in [0.15, 0.2) is 30.5 Å². The molecular weight excluding hydrogens is 398 g/mol. The number of aromatic nitrogens is 1. The van der Waals surface area contributed by atoms with Crippen molar-refractivity contribution < 1.29 is 9.59 Å². The summed E-state index contributed by atoms with van der Waals surface area (Å²) in [6.07, 6.45) is 13.5. The third-order valence-electron chi connectivity index (χ3n) is 9.90. The fraction of sp³-hybridized carbons (Fsp3) is 0.667. The first-order valence-corrected chi connectivity index (χ1v) is 12.5. The van der Waals surface area contributed by atoms with Gasteiger partial charge in [0.2, 0.25) is 5.91 Å². The van der Waals surface area contributed by atoms with Crippen molar-refractivity contribution in [3.63, 3.8) is 0 Å². The number of aryl methyl sites for hydroxylation is 1. The van der Waals surface area contributed by atoms with E-state index >= 15 is 0 Å². The molecule has 1 aliphatic heterocycles. The van der Waals surface area contributed by atoms with Gasteiger partial charge in [-0.2, -0.15) is 0 Å². The third-order valence-corrected chi connectivity index (χ3v) is 9.90. The van der Waals surface area contributed by atoms with Gasteiger partial charge in [0.25, 0.3) is 5.91 Å². The molecule has 172 valence electrons. The molecule has 3 aliphatic carbocycles. The van der Waals surface area contributed by atoms with E-state index in [-0.39, 0.29) is 28.7 Å². The summed E-state index contributed by atoms with van der Waals surface area (Å²) in [5.74, 6) is 2.04. The lowest BCUT2D eigenvalue weighted by molar-refractivity contribution is -0.138. The van der Waals surface area contributed by atoms with Gasteiger partial charge in [-0.05, 0) is 91.9 Å². The Bertz CT molecular complexity index is 958. The first-order chi connectivity index (χ1) is 15.3. The maximum absolute atomic E-state index is 13.1. The zero-order valence-electron chi connectivity index (χ0n) is 19.9. The van der Waals surface area contributed by atoms with Crippen molar-refractivity contribution in [2.45, 2.75) is 77.8 Å². The van der Waals surface area contributed by atoms with E-state index in [1.807, 2.05) is 30.2 Å². The maximum atomic E-state index is 13.1. The highest BCUT2D eigenvalue weighted by Crippen LogP contribution is 2.63. The van der Waals surface area contributed by atoms with Crippen LogP contribution in [-0.4, -0.2) is 40.8 Å². The predicted octanol–water partition coefficient (Wildman–Crippen LogP) is 4.38. The van der Waals surface area contributed by atoms with Crippen LogP contribution < -0.4 is 5.32 Å². The molecule has 0 bridgehead atoms. The summed E-state index contributed by atoms with van der Waals surface area (Å²) in [4.78, 5) is 31.7. The van der Waals surface area contributed by atoms with Gasteiger partial charge in [-0.3, -0.25) is 14.6 Å². The average Bonchev–Trinajstić information content (AvgIpc) is 3.12. The summed E-state index contributed by atoms with van der Waals surface area (Å²) in [5.41, 5.74) is 1.90. The summed E-state index contributed by atoms with van der Waals surface area (Å²) >= 11 is 0. The number of carbonyl (C=O) groups is 2. The lowest BCUT2D eigenvalue weighted by Crippen LogP contribution is -2.60. The highest BCUT2D eigenvalue weighted by Gasteiger charge is 2.60. The predicted molar refractivity (Wildman–Crippen MR) is 125 cm³/mol. The Morgan fingerprint density at radius 2 is 2.00 bits per heavy atom. The molecule has 3 saturated carbocycles. The van der Waals surface area contributed by atoms with Crippen molar-refractivity contribution >= 4 is 11.8 Å². The van der Waals surface area contributed by atoms with Crippen LogP contribution in [0.25, 0.3) is 0 Å². The molecule has 32 heavy (non-hydrogen) atoms. The van der Waals surface area contributed by atoms with Gasteiger partial charge in [0.05, 0.1) is 0 Å². The Hall–Kier alpha value is -2.17. The molecule has 5 nitrogen and oxygen atoms in total. The van der Waals surface area contributed by atoms with E-state index in [1.54, 1.807) is 6.20 Å². The second-order valence-electron chi connectivity index (χ2n) is 11.2. The highest BCUT2D eigenvalue weighted by molar-refractivity contribution is 5.92. The minimum atomic E-state index is -0.0275. The van der Waals surface area contributed by atoms with Gasteiger partial charge in [-0.1, -0.05) is 26.8 Å². The van der Waals surface area contributed by atoms with Crippen LogP contribution in [0.1, 0.15) is 75.3 Å². The number of rotatable bonds is 3. The summed E-state index contributed by atoms with van der Waals surface area (Å²) in [6, 6.07) is 4.44. The molecule has 2 heterocycles. The zero-order chi connectivity index (χ0) is 22.7. The van der Waals surface area contributed by atoms with Gasteiger partial charge in [-0.15, -0.1) is 0 Å². The van der Waals surface area contributed by atoms with Gasteiger partial charge in [-0.25, -0.2) is 0 Å². The number of hydrogen-bond acceptors (Lipinski definition) is 3. The molecule has 0 saturated heterocycles. The largest absolute Gasteiger partial charge is 0.347 e. The van der Waals surface area contributed by atoms with Gasteiger partial charge in [0, 0.05) is 30.7 Å². The number of carbonyl (C=O) groups excluding carboxylic acids is 2. The first kappa shape index (κ1) is 21.7. The molecule has 0 unspecified atom stereocenters. The molecule has 0 aromatic carbocycles. The first-order valence-electron chi connectivity index (χ1n) is 12.5. The molecular formula is C27H37N3O2. The monoisotopic (exact) mass is 435 g/mol. The SMILES string of the molecule is CCc1ccnc(C(=O)N[C@H]2CC[C@H]3[C@@H]4CC[C@H]5N(C)C(=O)C=C[C@]5(C)[C@H]4CC[C@]23C)c1. The molecule has 7 atom stereocenters. The number of hydrogen-bond donors (Lipinski definition) is 1. The second kappa shape index (κ2) is 7.71. The van der Waals surface area contributed by atoms with Gasteiger partial charge in [0.15, 0.2) is 0 Å². The Kier molecular flexibility index (Phi) is 5.22. The third kappa shape index (κ3) is 3.14. The van der Waals surface area contributed by atoms with Gasteiger partial charge >= 0.3 is 0 Å². The lowest BCUT2D eigenvalue weighted by atomic mass is 9.48. The van der Waals surface area contributed by atoms with Crippen molar-refractivity contribution in [2.75, 3.05) is 7.05 Å². The molecule has 1 aromatic rings. The van der Waals surface area contributed by atoms with E-state index in [0.29, 0.717) is 29.5 Å². The Balaban J connectivity index is 1.35. The van der Waals surface area contributed by atoms with Crippen LogP contribution in [0.2, 0.25) is 0 Å². The van der Waals surface area contributed by atoms with Gasteiger partial charge < -0.3 is 10.2 Å². The summed E-state index contributed by atoms with van der Waals surface area (Å²) < 4.78 is 0. The minimum absolute atomic E-state index is 0.0275. The average molecular weight is 436 g/mol. The van der Waals surface area contributed by atoms with E-state index in [2.05, 4.69) is 37.1 Å². The molecule has 0 radical (unpaired) electrons. The Morgan fingerprint density at radius 3 is 2.78 bits per heavy atom. The van der Waals surface area contributed by atoms with Crippen LogP contribution in [-0.2, 0) is 11.2 Å². The fourth-order valence-electron chi connectivity index (χ4n) is 8.03. The molecule has 0 spiro atoms. The summed E-state index contributed by atoms with van der Waals surface area (Å²) in [5, 5.41) is 3.39. The number of nitrogens with zero attached hydrogens (tertiary/aromatic N) is 2. The van der Waals surface area contributed by atoms with Crippen molar-refractivity contribution in [1.82, 2.24) is 15.2 Å². The number of pyridine rings is 1. The topological polar surface area (TPSA) is 62.3 Å². The summed E-state index contributed by atoms with van der Waals surface area (Å²) in [7, 11) is 1.98. The highest BCUT2D eigenvalue weighted by atomic mass is 16.2. The maximum Gasteiger partial charge on any atom is 0.270 e. The van der Waals surface area contributed by atoms with Gasteiger partial charge in [0.1, 0.15) is 5.69 Å².